The molecule has 0 bridgehead atoms. The summed E-state index contributed by atoms with van der Waals surface area (Å²) < 4.78 is 11.6. The molecule has 3 rings (SSSR count). The summed E-state index contributed by atoms with van der Waals surface area (Å²) in [7, 11) is 3.67. The topological polar surface area (TPSA) is 34.1 Å². The maximum atomic E-state index is 6.44. The van der Waals surface area contributed by atoms with Crippen molar-refractivity contribution in [1.29, 1.82) is 0 Å². The highest BCUT2D eigenvalue weighted by molar-refractivity contribution is 8.04. The molecule has 0 aromatic heterocycles. The molecule has 0 spiro atoms. The van der Waals surface area contributed by atoms with Crippen LogP contribution in [0, 0.1) is 0 Å². The molecule has 38 heavy (non-hydrogen) atoms. The standard InChI is InChI=1S/C33H50N2O2S/c1-4-35(25-9-10-26-36-3)24-8-6-5-7-14-28-20-22-29-15-11-16-30(37-32(29)23-21-28)17-12-19-33-31(34-2)18-13-27-38-33/h13,16,18-19,21-23H,4-12,14-15,17,20,24-27H2,1-3H3/b33-19+,34-31-. The van der Waals surface area contributed by atoms with Gasteiger partial charge < -0.3 is 14.4 Å². The Morgan fingerprint density at radius 1 is 1.05 bits per heavy atom. The van der Waals surface area contributed by atoms with E-state index in [4.69, 9.17) is 9.47 Å². The first kappa shape index (κ1) is 30.7. The third-order valence-corrected chi connectivity index (χ3v) is 8.54. The first-order valence-electron chi connectivity index (χ1n) is 14.9. The number of aliphatic imine (C=N–C) groups is 1. The van der Waals surface area contributed by atoms with E-state index in [1.165, 1.54) is 68.5 Å². The Bertz CT molecular complexity index is 939. The second-order valence-electron chi connectivity index (χ2n) is 10.3. The molecule has 0 radical (unpaired) electrons. The SMILES string of the molecule is CCN(CCCCCCC1=CC=C2OC(CC/C=C3/SCC=C/C3=N/C)=CCCC2=CC1)CCCCOC. The van der Waals surface area contributed by atoms with Gasteiger partial charge in [0.1, 0.15) is 11.5 Å². The number of thioether (sulfide) groups is 1. The number of ether oxygens (including phenoxy) is 2. The van der Waals surface area contributed by atoms with Crippen molar-refractivity contribution in [3.63, 3.8) is 0 Å². The Morgan fingerprint density at radius 2 is 1.89 bits per heavy atom. The Morgan fingerprint density at radius 3 is 2.71 bits per heavy atom. The summed E-state index contributed by atoms with van der Waals surface area (Å²) in [6.45, 7) is 6.76. The van der Waals surface area contributed by atoms with Gasteiger partial charge in [-0.05, 0) is 101 Å². The predicted molar refractivity (Wildman–Crippen MR) is 166 cm³/mol. The molecule has 2 aliphatic heterocycles. The maximum Gasteiger partial charge on any atom is 0.129 e. The van der Waals surface area contributed by atoms with Crippen LogP contribution in [0.1, 0.15) is 84.0 Å². The normalized spacial score (nSPS) is 19.9. The fourth-order valence-electron chi connectivity index (χ4n) is 5.16. The molecule has 0 N–H and O–H groups in total. The molecule has 0 unspecified atom stereocenters. The van der Waals surface area contributed by atoms with Crippen LogP contribution in [-0.4, -0.2) is 56.8 Å². The van der Waals surface area contributed by atoms with Gasteiger partial charge in [-0.3, -0.25) is 4.99 Å². The number of methoxy groups -OCH3 is 1. The average molecular weight is 539 g/mol. The van der Waals surface area contributed by atoms with E-state index in [1.54, 1.807) is 12.7 Å². The van der Waals surface area contributed by atoms with Gasteiger partial charge in [-0.1, -0.05) is 49.6 Å². The number of nitrogens with zero attached hydrogens (tertiary/aromatic N) is 2. The molecule has 0 atom stereocenters. The Labute approximate surface area is 236 Å². The van der Waals surface area contributed by atoms with Gasteiger partial charge >= 0.3 is 0 Å². The van der Waals surface area contributed by atoms with E-state index in [0.29, 0.717) is 0 Å². The zero-order chi connectivity index (χ0) is 26.8. The van der Waals surface area contributed by atoms with Crippen molar-refractivity contribution < 1.29 is 9.47 Å². The van der Waals surface area contributed by atoms with Gasteiger partial charge in [0, 0.05) is 37.8 Å². The van der Waals surface area contributed by atoms with Gasteiger partial charge in [-0.15, -0.1) is 11.8 Å². The molecule has 2 heterocycles. The van der Waals surface area contributed by atoms with E-state index in [0.717, 1.165) is 68.2 Å². The second kappa shape index (κ2) is 18.5. The predicted octanol–water partition coefficient (Wildman–Crippen LogP) is 8.56. The van der Waals surface area contributed by atoms with Crippen LogP contribution in [0.4, 0.5) is 0 Å². The smallest absolute Gasteiger partial charge is 0.129 e. The molecule has 4 nitrogen and oxygen atoms in total. The van der Waals surface area contributed by atoms with Crippen LogP contribution in [0.15, 0.2) is 75.1 Å². The number of rotatable bonds is 16. The lowest BCUT2D eigenvalue weighted by Crippen LogP contribution is -2.25. The Hall–Kier alpha value is -1.82. The van der Waals surface area contributed by atoms with Crippen LogP contribution in [0.3, 0.4) is 0 Å². The van der Waals surface area contributed by atoms with Crippen molar-refractivity contribution in [2.45, 2.75) is 84.0 Å². The van der Waals surface area contributed by atoms with Crippen LogP contribution in [-0.2, 0) is 9.47 Å². The Kier molecular flexibility index (Phi) is 14.9. The van der Waals surface area contributed by atoms with Crippen molar-refractivity contribution >= 4 is 17.5 Å². The van der Waals surface area contributed by atoms with Crippen LogP contribution in [0.2, 0.25) is 0 Å². The number of allylic oxidation sites excluding steroid dienone is 10. The minimum atomic E-state index is 0.885. The maximum absolute atomic E-state index is 6.44. The summed E-state index contributed by atoms with van der Waals surface area (Å²) in [5.74, 6) is 3.21. The van der Waals surface area contributed by atoms with Gasteiger partial charge in [0.05, 0.1) is 5.71 Å². The van der Waals surface area contributed by atoms with E-state index in [9.17, 15) is 0 Å². The van der Waals surface area contributed by atoms with Crippen molar-refractivity contribution in [2.24, 2.45) is 4.99 Å². The largest absolute Gasteiger partial charge is 0.462 e. The van der Waals surface area contributed by atoms with Gasteiger partial charge in [0.2, 0.25) is 0 Å². The second-order valence-corrected chi connectivity index (χ2v) is 11.4. The van der Waals surface area contributed by atoms with Gasteiger partial charge in [-0.25, -0.2) is 0 Å². The fourth-order valence-corrected chi connectivity index (χ4v) is 6.07. The highest BCUT2D eigenvalue weighted by atomic mass is 32.2. The zero-order valence-corrected chi connectivity index (χ0v) is 25.0. The summed E-state index contributed by atoms with van der Waals surface area (Å²) in [6, 6.07) is 0. The molecular weight excluding hydrogens is 488 g/mol. The minimum absolute atomic E-state index is 0.885. The lowest BCUT2D eigenvalue weighted by Gasteiger charge is -2.20. The molecule has 0 aromatic rings. The summed E-state index contributed by atoms with van der Waals surface area (Å²) in [5, 5.41) is 0. The van der Waals surface area contributed by atoms with Crippen LogP contribution < -0.4 is 0 Å². The first-order valence-corrected chi connectivity index (χ1v) is 15.9. The van der Waals surface area contributed by atoms with Crippen molar-refractivity contribution in [2.75, 3.05) is 46.2 Å². The van der Waals surface area contributed by atoms with Crippen molar-refractivity contribution in [3.05, 3.63) is 70.1 Å². The fraction of sp³-hybridized carbons (Fsp3) is 0.606. The summed E-state index contributed by atoms with van der Waals surface area (Å²) >= 11 is 1.87. The summed E-state index contributed by atoms with van der Waals surface area (Å²) in [6.07, 6.45) is 29.9. The lowest BCUT2D eigenvalue weighted by atomic mass is 10.0. The average Bonchev–Trinajstić information content (AvgIpc) is 3.25. The van der Waals surface area contributed by atoms with Gasteiger partial charge in [0.25, 0.3) is 0 Å². The first-order chi connectivity index (χ1) is 18.7. The Balaban J connectivity index is 1.38. The minimum Gasteiger partial charge on any atom is -0.462 e. The number of hydrogen-bond acceptors (Lipinski definition) is 5. The molecular formula is C33H50N2O2S. The molecule has 0 amide bonds. The van der Waals surface area contributed by atoms with Crippen LogP contribution in [0.5, 0.6) is 0 Å². The van der Waals surface area contributed by atoms with E-state index < -0.39 is 0 Å². The quantitative estimate of drug-likeness (QED) is 0.184. The highest BCUT2D eigenvalue weighted by Crippen LogP contribution is 2.32. The zero-order valence-electron chi connectivity index (χ0n) is 24.2. The molecule has 0 saturated carbocycles. The van der Waals surface area contributed by atoms with Crippen molar-refractivity contribution in [1.82, 2.24) is 4.90 Å². The van der Waals surface area contributed by atoms with E-state index in [2.05, 4.69) is 59.3 Å². The molecule has 0 aromatic carbocycles. The third kappa shape index (κ3) is 11.1. The molecule has 5 heteroatoms. The van der Waals surface area contributed by atoms with Gasteiger partial charge in [-0.2, -0.15) is 0 Å². The lowest BCUT2D eigenvalue weighted by molar-refractivity contribution is 0.184. The summed E-state index contributed by atoms with van der Waals surface area (Å²) in [4.78, 5) is 8.30. The molecule has 210 valence electrons. The molecule has 3 aliphatic rings. The number of fused-ring (bicyclic) bond motifs is 1. The molecule has 0 fully saturated rings. The molecule has 0 saturated heterocycles. The van der Waals surface area contributed by atoms with Crippen LogP contribution >= 0.6 is 11.8 Å². The van der Waals surface area contributed by atoms with Crippen molar-refractivity contribution in [3.8, 4) is 0 Å². The van der Waals surface area contributed by atoms with Gasteiger partial charge in [0.15, 0.2) is 0 Å². The van der Waals surface area contributed by atoms with Crippen LogP contribution in [0.25, 0.3) is 0 Å². The number of hydrogen-bond donors (Lipinski definition) is 0. The highest BCUT2D eigenvalue weighted by Gasteiger charge is 2.16. The van der Waals surface area contributed by atoms with E-state index in [1.807, 2.05) is 18.8 Å². The number of unbranched alkanes of at least 4 members (excludes halogenated alkanes) is 4. The third-order valence-electron chi connectivity index (χ3n) is 7.49. The summed E-state index contributed by atoms with van der Waals surface area (Å²) in [5.41, 5.74) is 4.02. The monoisotopic (exact) mass is 538 g/mol. The van der Waals surface area contributed by atoms with E-state index >= 15 is 0 Å². The van der Waals surface area contributed by atoms with E-state index in [-0.39, 0.29) is 0 Å². The molecule has 1 aliphatic carbocycles.